The molecule has 1 fully saturated rings. The van der Waals surface area contributed by atoms with Gasteiger partial charge in [-0.3, -0.25) is 4.79 Å². The largest absolute Gasteiger partial charge is 0.394 e. The van der Waals surface area contributed by atoms with Gasteiger partial charge in [-0.1, -0.05) is 0 Å². The van der Waals surface area contributed by atoms with Gasteiger partial charge in [-0.15, -0.1) is 0 Å². The van der Waals surface area contributed by atoms with Gasteiger partial charge >= 0.3 is 0 Å². The van der Waals surface area contributed by atoms with Crippen molar-refractivity contribution in [2.75, 3.05) is 12.3 Å². The molecule has 108 valence electrons. The number of pyridine rings is 1. The van der Waals surface area contributed by atoms with Crippen molar-refractivity contribution in [2.24, 2.45) is 0 Å². The summed E-state index contributed by atoms with van der Waals surface area (Å²) < 4.78 is 6.79. The van der Waals surface area contributed by atoms with Gasteiger partial charge in [0.1, 0.15) is 24.1 Å². The van der Waals surface area contributed by atoms with Gasteiger partial charge in [-0.25, -0.2) is 4.98 Å². The van der Waals surface area contributed by atoms with E-state index in [-0.39, 0.29) is 11.3 Å². The van der Waals surface area contributed by atoms with Crippen LogP contribution in [0.2, 0.25) is 0 Å². The molecule has 9 nitrogen and oxygen atoms in total. The number of rotatable bonds is 2. The highest BCUT2D eigenvalue weighted by Gasteiger charge is 2.43. The van der Waals surface area contributed by atoms with Crippen LogP contribution < -0.4 is 11.3 Å². The number of ether oxygens (including phenoxy) is 1. The fourth-order valence-electron chi connectivity index (χ4n) is 2.37. The van der Waals surface area contributed by atoms with Crippen LogP contribution in [0.25, 0.3) is 11.0 Å². The van der Waals surface area contributed by atoms with E-state index < -0.39 is 36.7 Å². The highest BCUT2D eigenvalue weighted by atomic mass is 16.6. The van der Waals surface area contributed by atoms with E-state index in [0.717, 1.165) is 0 Å². The Hall–Kier alpha value is -1.94. The number of nitrogens with zero attached hydrogens (tertiary/aromatic N) is 2. The van der Waals surface area contributed by atoms with Crippen molar-refractivity contribution in [1.29, 1.82) is 0 Å². The van der Waals surface area contributed by atoms with E-state index in [9.17, 15) is 15.0 Å². The zero-order valence-electron chi connectivity index (χ0n) is 10.3. The molecule has 2 aromatic rings. The van der Waals surface area contributed by atoms with E-state index in [1.165, 1.54) is 17.0 Å². The van der Waals surface area contributed by atoms with Crippen LogP contribution in [0.3, 0.4) is 0 Å². The highest BCUT2D eigenvalue weighted by molar-refractivity contribution is 5.76. The van der Waals surface area contributed by atoms with Crippen LogP contribution in [0.15, 0.2) is 17.2 Å². The number of hydrogen-bond acceptors (Lipinski definition) is 7. The number of nitrogens with two attached hydrogens (primary N) is 1. The van der Waals surface area contributed by atoms with Crippen molar-refractivity contribution < 1.29 is 20.1 Å². The maximum Gasteiger partial charge on any atom is 0.277 e. The summed E-state index contributed by atoms with van der Waals surface area (Å²) in [4.78, 5) is 18.0. The van der Waals surface area contributed by atoms with E-state index in [0.29, 0.717) is 5.52 Å². The third kappa shape index (κ3) is 1.79. The van der Waals surface area contributed by atoms with Gasteiger partial charge in [0.05, 0.1) is 18.5 Å². The summed E-state index contributed by atoms with van der Waals surface area (Å²) in [5.74, 6) is 0.149. The second-order valence-electron chi connectivity index (χ2n) is 4.67. The smallest absolute Gasteiger partial charge is 0.277 e. The van der Waals surface area contributed by atoms with Crippen LogP contribution in [0, 0.1) is 0 Å². The third-order valence-electron chi connectivity index (χ3n) is 3.39. The maximum atomic E-state index is 11.7. The Balaban J connectivity index is 2.09. The number of H-pyrrole nitrogens is 1. The lowest BCUT2D eigenvalue weighted by Gasteiger charge is -2.17. The first-order chi connectivity index (χ1) is 9.52. The summed E-state index contributed by atoms with van der Waals surface area (Å²) in [6.07, 6.45) is -2.99. The topological polar surface area (TPSA) is 147 Å². The SMILES string of the molecule is Nc1cc2c(ncn2[C@H]2O[C@H](CO)[C@@H](O)[C@@H]2O)c(=O)[nH]1. The van der Waals surface area contributed by atoms with Gasteiger partial charge in [0.25, 0.3) is 5.56 Å². The molecular formula is C11H14N4O5. The molecule has 0 aromatic carbocycles. The van der Waals surface area contributed by atoms with E-state index in [1.807, 2.05) is 0 Å². The lowest BCUT2D eigenvalue weighted by atomic mass is 10.1. The predicted octanol–water partition coefficient (Wildman–Crippen LogP) is -2.08. The summed E-state index contributed by atoms with van der Waals surface area (Å²) in [7, 11) is 0. The van der Waals surface area contributed by atoms with Gasteiger partial charge in [-0.05, 0) is 0 Å². The summed E-state index contributed by atoms with van der Waals surface area (Å²) in [5, 5.41) is 28.8. The van der Waals surface area contributed by atoms with Gasteiger partial charge in [0.15, 0.2) is 11.7 Å². The number of aromatic nitrogens is 3. The number of nitrogens with one attached hydrogen (secondary N) is 1. The van der Waals surface area contributed by atoms with Crippen LogP contribution >= 0.6 is 0 Å². The second kappa shape index (κ2) is 4.56. The van der Waals surface area contributed by atoms with Crippen LogP contribution in [0.4, 0.5) is 5.82 Å². The average molecular weight is 282 g/mol. The molecule has 0 amide bonds. The Morgan fingerprint density at radius 1 is 1.45 bits per heavy atom. The first-order valence-corrected chi connectivity index (χ1v) is 6.00. The number of anilines is 1. The van der Waals surface area contributed by atoms with Crippen LogP contribution in [-0.2, 0) is 4.74 Å². The molecule has 1 saturated heterocycles. The molecule has 0 radical (unpaired) electrons. The number of aromatic amines is 1. The molecule has 6 N–H and O–H groups in total. The molecule has 1 aliphatic rings. The molecule has 20 heavy (non-hydrogen) atoms. The number of hydrogen-bond donors (Lipinski definition) is 5. The third-order valence-corrected chi connectivity index (χ3v) is 3.39. The molecule has 3 rings (SSSR count). The minimum Gasteiger partial charge on any atom is -0.394 e. The molecule has 0 spiro atoms. The zero-order valence-corrected chi connectivity index (χ0v) is 10.3. The highest BCUT2D eigenvalue weighted by Crippen LogP contribution is 2.31. The fourth-order valence-corrected chi connectivity index (χ4v) is 2.37. The molecule has 0 bridgehead atoms. The molecule has 0 unspecified atom stereocenters. The number of nitrogen functional groups attached to an aromatic ring is 1. The summed E-state index contributed by atoms with van der Waals surface area (Å²) in [6.45, 7) is -0.427. The van der Waals surface area contributed by atoms with E-state index in [4.69, 9.17) is 15.6 Å². The summed E-state index contributed by atoms with van der Waals surface area (Å²) >= 11 is 0. The quantitative estimate of drug-likeness (QED) is 0.424. The minimum absolute atomic E-state index is 0.149. The lowest BCUT2D eigenvalue weighted by Crippen LogP contribution is -2.33. The monoisotopic (exact) mass is 282 g/mol. The minimum atomic E-state index is -1.25. The number of aliphatic hydroxyl groups excluding tert-OH is 3. The van der Waals surface area contributed by atoms with Crippen molar-refractivity contribution in [1.82, 2.24) is 14.5 Å². The van der Waals surface area contributed by atoms with Crippen molar-refractivity contribution in [2.45, 2.75) is 24.5 Å². The molecule has 0 saturated carbocycles. The van der Waals surface area contributed by atoms with Crippen LogP contribution in [0.5, 0.6) is 0 Å². The summed E-state index contributed by atoms with van der Waals surface area (Å²) in [6, 6.07) is 1.48. The molecule has 1 aliphatic heterocycles. The Bertz CT molecular complexity index is 696. The average Bonchev–Trinajstić information content (AvgIpc) is 2.93. The van der Waals surface area contributed by atoms with Gasteiger partial charge in [0, 0.05) is 6.07 Å². The molecular weight excluding hydrogens is 268 g/mol. The normalized spacial score (nSPS) is 30.1. The van der Waals surface area contributed by atoms with Crippen molar-refractivity contribution in [3.63, 3.8) is 0 Å². The van der Waals surface area contributed by atoms with E-state index in [1.54, 1.807) is 0 Å². The Kier molecular flexibility index (Phi) is 2.98. The Morgan fingerprint density at radius 2 is 2.20 bits per heavy atom. The summed E-state index contributed by atoms with van der Waals surface area (Å²) in [5.41, 5.74) is 5.65. The number of imidazole rings is 1. The second-order valence-corrected chi connectivity index (χ2v) is 4.67. The Labute approximate surface area is 112 Å². The van der Waals surface area contributed by atoms with E-state index >= 15 is 0 Å². The first kappa shape index (κ1) is 13.1. The van der Waals surface area contributed by atoms with Gasteiger partial charge in [-0.2, -0.15) is 0 Å². The van der Waals surface area contributed by atoms with Gasteiger partial charge < -0.3 is 35.3 Å². The maximum absolute atomic E-state index is 11.7. The first-order valence-electron chi connectivity index (χ1n) is 6.00. The number of aliphatic hydroxyl groups is 3. The fraction of sp³-hybridized carbons (Fsp3) is 0.455. The van der Waals surface area contributed by atoms with Crippen LogP contribution in [-0.4, -0.2) is 54.8 Å². The van der Waals surface area contributed by atoms with Crippen molar-refractivity contribution >= 4 is 16.9 Å². The lowest BCUT2D eigenvalue weighted by molar-refractivity contribution is -0.0508. The van der Waals surface area contributed by atoms with Crippen molar-refractivity contribution in [3.8, 4) is 0 Å². The van der Waals surface area contributed by atoms with E-state index in [2.05, 4.69) is 9.97 Å². The standard InChI is InChI=1S/C11H14N4O5/c12-6-1-4-7(10(19)14-6)13-3-15(4)11-9(18)8(17)5(2-16)20-11/h1,3,5,8-9,11,16-18H,2H2,(H3,12,14,19)/t5-,8-,9+,11+/m1/s1. The zero-order chi connectivity index (χ0) is 14.4. The predicted molar refractivity (Wildman–Crippen MR) is 67.8 cm³/mol. The van der Waals surface area contributed by atoms with Crippen molar-refractivity contribution in [3.05, 3.63) is 22.7 Å². The molecule has 9 heteroatoms. The molecule has 3 heterocycles. The van der Waals surface area contributed by atoms with Gasteiger partial charge in [0.2, 0.25) is 0 Å². The molecule has 2 aromatic heterocycles. The van der Waals surface area contributed by atoms with Crippen LogP contribution in [0.1, 0.15) is 6.23 Å². The molecule has 0 aliphatic carbocycles. The molecule has 4 atom stereocenters. The number of fused-ring (bicyclic) bond motifs is 1. The Morgan fingerprint density at radius 3 is 2.85 bits per heavy atom.